The van der Waals surface area contributed by atoms with Crippen LogP contribution in [0.4, 0.5) is 0 Å². The number of benzene rings is 1. The molecule has 0 heterocycles. The summed E-state index contributed by atoms with van der Waals surface area (Å²) in [5.41, 5.74) is 0. The molecule has 1 aromatic rings. The molecule has 0 saturated heterocycles. The highest BCUT2D eigenvalue weighted by Gasteiger charge is 1.95. The summed E-state index contributed by atoms with van der Waals surface area (Å²) in [6.07, 6.45) is 0.876. The summed E-state index contributed by atoms with van der Waals surface area (Å²) in [5, 5.41) is 3.33. The molecule has 0 saturated carbocycles. The van der Waals surface area contributed by atoms with Crippen molar-refractivity contribution in [2.24, 2.45) is 5.92 Å². The zero-order chi connectivity index (χ0) is 17.3. The van der Waals surface area contributed by atoms with Crippen LogP contribution in [0.1, 0.15) is 20.3 Å². The molecule has 0 aromatic heterocycles. The second-order valence-corrected chi connectivity index (χ2v) is 5.95. The van der Waals surface area contributed by atoms with Gasteiger partial charge in [0.25, 0.3) is 0 Å². The molecule has 24 heavy (non-hydrogen) atoms. The first-order valence-corrected chi connectivity index (χ1v) is 8.91. The fraction of sp³-hybridized carbons (Fsp3) is 0.684. The number of nitrogens with one attached hydrogen (secondary N) is 1. The predicted octanol–water partition coefficient (Wildman–Crippen LogP) is 2.75. The molecule has 0 aliphatic carbocycles. The first-order valence-electron chi connectivity index (χ1n) is 8.91. The maximum Gasteiger partial charge on any atom is 0.119 e. The molecule has 0 unspecified atom stereocenters. The van der Waals surface area contributed by atoms with Crippen LogP contribution in [0.5, 0.6) is 5.75 Å². The maximum absolute atomic E-state index is 5.59. The molecule has 0 aliphatic heterocycles. The lowest BCUT2D eigenvalue weighted by Gasteiger charge is -2.09. The highest BCUT2D eigenvalue weighted by molar-refractivity contribution is 5.20. The third-order valence-electron chi connectivity index (χ3n) is 3.16. The quantitative estimate of drug-likeness (QED) is 0.469. The molecule has 1 N–H and O–H groups in total. The average Bonchev–Trinajstić information content (AvgIpc) is 2.59. The Labute approximate surface area is 146 Å². The number of ether oxygens (including phenoxy) is 4. The van der Waals surface area contributed by atoms with Gasteiger partial charge in [0, 0.05) is 19.6 Å². The number of para-hydroxylation sites is 1. The summed E-state index contributed by atoms with van der Waals surface area (Å²) < 4.78 is 22.0. The van der Waals surface area contributed by atoms with E-state index in [1.165, 1.54) is 0 Å². The van der Waals surface area contributed by atoms with E-state index in [-0.39, 0.29) is 0 Å². The SMILES string of the molecule is CC(C)CNCCOCCOCCOCCCOc1ccccc1. The summed E-state index contributed by atoms with van der Waals surface area (Å²) >= 11 is 0. The fourth-order valence-corrected chi connectivity index (χ4v) is 1.94. The van der Waals surface area contributed by atoms with Gasteiger partial charge in [-0.25, -0.2) is 0 Å². The van der Waals surface area contributed by atoms with Crippen LogP contribution >= 0.6 is 0 Å². The molecule has 138 valence electrons. The Morgan fingerprint density at radius 1 is 0.792 bits per heavy atom. The number of hydrogen-bond donors (Lipinski definition) is 1. The van der Waals surface area contributed by atoms with Crippen molar-refractivity contribution in [2.75, 3.05) is 59.3 Å². The Morgan fingerprint density at radius 3 is 2.08 bits per heavy atom. The van der Waals surface area contributed by atoms with E-state index in [4.69, 9.17) is 18.9 Å². The van der Waals surface area contributed by atoms with Crippen LogP contribution in [0.3, 0.4) is 0 Å². The summed E-state index contributed by atoms with van der Waals surface area (Å²) in [4.78, 5) is 0. The van der Waals surface area contributed by atoms with Crippen molar-refractivity contribution in [3.63, 3.8) is 0 Å². The Kier molecular flexibility index (Phi) is 13.4. The lowest BCUT2D eigenvalue weighted by Crippen LogP contribution is -2.24. The molecule has 0 amide bonds. The van der Waals surface area contributed by atoms with Gasteiger partial charge in [-0.2, -0.15) is 0 Å². The topological polar surface area (TPSA) is 49.0 Å². The fourth-order valence-electron chi connectivity index (χ4n) is 1.94. The van der Waals surface area contributed by atoms with Crippen molar-refractivity contribution in [2.45, 2.75) is 20.3 Å². The van der Waals surface area contributed by atoms with Gasteiger partial charge in [-0.05, 0) is 24.6 Å². The van der Waals surface area contributed by atoms with E-state index in [9.17, 15) is 0 Å². The Balaban J connectivity index is 1.72. The lowest BCUT2D eigenvalue weighted by molar-refractivity contribution is 0.0133. The molecule has 1 rings (SSSR count). The van der Waals surface area contributed by atoms with Crippen LogP contribution in [0.25, 0.3) is 0 Å². The highest BCUT2D eigenvalue weighted by atomic mass is 16.5. The standard InChI is InChI=1S/C19H33NO4/c1-18(2)17-20-9-12-22-14-16-23-15-13-21-10-6-11-24-19-7-4-3-5-8-19/h3-5,7-8,18,20H,6,9-17H2,1-2H3. The largest absolute Gasteiger partial charge is 0.494 e. The van der Waals surface area contributed by atoms with E-state index in [0.717, 1.165) is 31.9 Å². The lowest BCUT2D eigenvalue weighted by atomic mass is 10.2. The Hall–Kier alpha value is -1.14. The third kappa shape index (κ3) is 13.3. The second kappa shape index (κ2) is 15.4. The minimum absolute atomic E-state index is 0.606. The molecule has 5 heteroatoms. The van der Waals surface area contributed by atoms with Crippen LogP contribution in [0.2, 0.25) is 0 Å². The summed E-state index contributed by atoms with van der Waals surface area (Å²) in [5.74, 6) is 1.58. The normalized spacial score (nSPS) is 11.1. The first-order chi connectivity index (χ1) is 11.8. The van der Waals surface area contributed by atoms with Crippen LogP contribution in [-0.4, -0.2) is 59.3 Å². The smallest absolute Gasteiger partial charge is 0.119 e. The molecular formula is C19H33NO4. The van der Waals surface area contributed by atoms with E-state index in [1.54, 1.807) is 0 Å². The Morgan fingerprint density at radius 2 is 1.42 bits per heavy atom. The van der Waals surface area contributed by atoms with Crippen molar-refractivity contribution in [1.29, 1.82) is 0 Å². The number of rotatable bonds is 16. The monoisotopic (exact) mass is 339 g/mol. The minimum Gasteiger partial charge on any atom is -0.494 e. The second-order valence-electron chi connectivity index (χ2n) is 5.95. The summed E-state index contributed by atoms with van der Waals surface area (Å²) in [6.45, 7) is 10.9. The van der Waals surface area contributed by atoms with Gasteiger partial charge in [-0.15, -0.1) is 0 Å². The van der Waals surface area contributed by atoms with Gasteiger partial charge in [0.05, 0.1) is 39.6 Å². The van der Waals surface area contributed by atoms with E-state index < -0.39 is 0 Å². The van der Waals surface area contributed by atoms with E-state index in [0.29, 0.717) is 45.6 Å². The average molecular weight is 339 g/mol. The minimum atomic E-state index is 0.606. The van der Waals surface area contributed by atoms with Crippen molar-refractivity contribution < 1.29 is 18.9 Å². The predicted molar refractivity (Wildman–Crippen MR) is 96.7 cm³/mol. The van der Waals surface area contributed by atoms with E-state index >= 15 is 0 Å². The van der Waals surface area contributed by atoms with Crippen LogP contribution in [-0.2, 0) is 14.2 Å². The zero-order valence-electron chi connectivity index (χ0n) is 15.2. The molecular weight excluding hydrogens is 306 g/mol. The third-order valence-corrected chi connectivity index (χ3v) is 3.16. The van der Waals surface area contributed by atoms with Crippen LogP contribution < -0.4 is 10.1 Å². The van der Waals surface area contributed by atoms with Gasteiger partial charge in [0.15, 0.2) is 0 Å². The van der Waals surface area contributed by atoms with Gasteiger partial charge >= 0.3 is 0 Å². The van der Waals surface area contributed by atoms with Gasteiger partial charge in [-0.3, -0.25) is 0 Å². The van der Waals surface area contributed by atoms with Crippen molar-refractivity contribution in [3.8, 4) is 5.75 Å². The molecule has 1 aromatic carbocycles. The van der Waals surface area contributed by atoms with Gasteiger partial charge in [-0.1, -0.05) is 32.0 Å². The van der Waals surface area contributed by atoms with Crippen molar-refractivity contribution in [1.82, 2.24) is 5.32 Å². The van der Waals surface area contributed by atoms with Crippen molar-refractivity contribution >= 4 is 0 Å². The molecule has 0 spiro atoms. The zero-order valence-corrected chi connectivity index (χ0v) is 15.2. The summed E-state index contributed by atoms with van der Waals surface area (Å²) in [7, 11) is 0. The molecule has 0 radical (unpaired) electrons. The van der Waals surface area contributed by atoms with Crippen LogP contribution in [0, 0.1) is 5.92 Å². The van der Waals surface area contributed by atoms with Crippen LogP contribution in [0.15, 0.2) is 30.3 Å². The molecule has 0 fully saturated rings. The van der Waals surface area contributed by atoms with E-state index in [1.807, 2.05) is 30.3 Å². The number of hydrogen-bond acceptors (Lipinski definition) is 5. The Bertz CT molecular complexity index is 373. The van der Waals surface area contributed by atoms with Gasteiger partial charge < -0.3 is 24.3 Å². The maximum atomic E-state index is 5.59. The molecule has 0 aliphatic rings. The molecule has 5 nitrogen and oxygen atoms in total. The highest BCUT2D eigenvalue weighted by Crippen LogP contribution is 2.08. The van der Waals surface area contributed by atoms with Gasteiger partial charge in [0.1, 0.15) is 5.75 Å². The molecule has 0 atom stereocenters. The molecule has 0 bridgehead atoms. The van der Waals surface area contributed by atoms with E-state index in [2.05, 4.69) is 19.2 Å². The van der Waals surface area contributed by atoms with Gasteiger partial charge in [0.2, 0.25) is 0 Å². The summed E-state index contributed by atoms with van der Waals surface area (Å²) in [6, 6.07) is 9.82. The van der Waals surface area contributed by atoms with Crippen molar-refractivity contribution in [3.05, 3.63) is 30.3 Å². The first kappa shape index (κ1) is 20.9.